The second-order valence-corrected chi connectivity index (χ2v) is 9.00. The number of benzene rings is 1. The van der Waals surface area contributed by atoms with Crippen molar-refractivity contribution in [3.8, 4) is 0 Å². The first-order chi connectivity index (χ1) is 9.97. The smallest absolute Gasteiger partial charge is 0.242 e. The van der Waals surface area contributed by atoms with Crippen LogP contribution in [0.1, 0.15) is 19.3 Å². The van der Waals surface area contributed by atoms with Gasteiger partial charge in [0.25, 0.3) is 0 Å². The van der Waals surface area contributed by atoms with Crippen LogP contribution in [-0.4, -0.2) is 27.0 Å². The third-order valence-electron chi connectivity index (χ3n) is 4.15. The van der Waals surface area contributed by atoms with Crippen LogP contribution in [0.25, 0.3) is 0 Å². The summed E-state index contributed by atoms with van der Waals surface area (Å²) < 4.78 is 29.5. The van der Waals surface area contributed by atoms with E-state index in [0.717, 1.165) is 30.3 Å². The lowest BCUT2D eigenvalue weighted by atomic mass is 9.83. The molecule has 0 spiro atoms. The number of sulfonamides is 1. The Balaban J connectivity index is 1.84. The first-order valence-corrected chi connectivity index (χ1v) is 10.00. The molecule has 1 aromatic rings. The molecular formula is C13H17Br2N3O2S. The fourth-order valence-corrected chi connectivity index (χ4v) is 5.92. The van der Waals surface area contributed by atoms with Crippen LogP contribution >= 0.6 is 31.9 Å². The summed E-state index contributed by atoms with van der Waals surface area (Å²) in [4.78, 5) is 0.268. The van der Waals surface area contributed by atoms with Crippen LogP contribution in [0.15, 0.2) is 32.0 Å². The maximum Gasteiger partial charge on any atom is 0.242 e. The molecule has 0 amide bonds. The van der Waals surface area contributed by atoms with E-state index < -0.39 is 10.0 Å². The first-order valence-electron chi connectivity index (χ1n) is 6.93. The molecule has 5 nitrogen and oxygen atoms in total. The molecule has 3 rings (SSSR count). The van der Waals surface area contributed by atoms with Gasteiger partial charge in [0.05, 0.1) is 4.90 Å². The van der Waals surface area contributed by atoms with E-state index in [4.69, 9.17) is 0 Å². The number of halogens is 2. The van der Waals surface area contributed by atoms with Gasteiger partial charge in [-0.25, -0.2) is 13.1 Å². The van der Waals surface area contributed by atoms with Crippen LogP contribution in [0.5, 0.6) is 0 Å². The molecule has 1 saturated heterocycles. The van der Waals surface area contributed by atoms with Crippen LogP contribution in [0, 0.1) is 5.92 Å². The molecule has 1 aliphatic heterocycles. The fourth-order valence-electron chi connectivity index (χ4n) is 3.12. The third-order valence-corrected chi connectivity index (χ3v) is 7.13. The summed E-state index contributed by atoms with van der Waals surface area (Å²) in [7, 11) is -3.55. The van der Waals surface area contributed by atoms with Gasteiger partial charge in [-0.3, -0.25) is 10.9 Å². The highest BCUT2D eigenvalue weighted by atomic mass is 79.9. The average molecular weight is 439 g/mol. The molecule has 21 heavy (non-hydrogen) atoms. The van der Waals surface area contributed by atoms with E-state index in [1.54, 1.807) is 12.1 Å². The molecule has 2 aliphatic rings. The molecule has 3 N–H and O–H groups in total. The van der Waals surface area contributed by atoms with Crippen LogP contribution in [0.4, 0.5) is 0 Å². The van der Waals surface area contributed by atoms with E-state index >= 15 is 0 Å². The van der Waals surface area contributed by atoms with E-state index in [-0.39, 0.29) is 17.0 Å². The van der Waals surface area contributed by atoms with Gasteiger partial charge < -0.3 is 0 Å². The standard InChI is InChI=1S/C13H17Br2N3O2S/c14-9-4-5-10(15)12(6-9)21(19,20)18-11-3-1-2-8-7-16-17-13(8)11/h4-6,8,11,13,16-18H,1-3,7H2. The normalized spacial score (nSPS) is 29.3. The lowest BCUT2D eigenvalue weighted by molar-refractivity contribution is 0.279. The summed E-state index contributed by atoms with van der Waals surface area (Å²) in [6.45, 7) is 0.906. The Morgan fingerprint density at radius 1 is 1.24 bits per heavy atom. The fraction of sp³-hybridized carbons (Fsp3) is 0.538. The van der Waals surface area contributed by atoms with Gasteiger partial charge in [0, 0.05) is 27.6 Å². The molecule has 0 aromatic heterocycles. The van der Waals surface area contributed by atoms with E-state index in [9.17, 15) is 8.42 Å². The van der Waals surface area contributed by atoms with Crippen molar-refractivity contribution in [1.29, 1.82) is 0 Å². The highest BCUT2D eigenvalue weighted by molar-refractivity contribution is 9.11. The number of hydrazine groups is 1. The Kier molecular flexibility index (Phi) is 4.73. The highest BCUT2D eigenvalue weighted by Gasteiger charge is 2.38. The predicted octanol–water partition coefficient (Wildman–Crippen LogP) is 2.13. The van der Waals surface area contributed by atoms with E-state index in [1.807, 2.05) is 6.07 Å². The molecule has 3 unspecified atom stereocenters. The van der Waals surface area contributed by atoms with Crippen LogP contribution in [0.3, 0.4) is 0 Å². The molecule has 2 fully saturated rings. The third kappa shape index (κ3) is 3.35. The number of fused-ring (bicyclic) bond motifs is 1. The van der Waals surface area contributed by atoms with E-state index in [0.29, 0.717) is 10.4 Å². The second kappa shape index (κ2) is 6.25. The number of rotatable bonds is 3. The minimum atomic E-state index is -3.55. The monoisotopic (exact) mass is 437 g/mol. The van der Waals surface area contributed by atoms with Gasteiger partial charge in [0.15, 0.2) is 0 Å². The van der Waals surface area contributed by atoms with Crippen molar-refractivity contribution in [2.45, 2.75) is 36.2 Å². The molecular weight excluding hydrogens is 422 g/mol. The largest absolute Gasteiger partial charge is 0.257 e. The predicted molar refractivity (Wildman–Crippen MR) is 88.2 cm³/mol. The van der Waals surface area contributed by atoms with Crippen LogP contribution < -0.4 is 15.6 Å². The van der Waals surface area contributed by atoms with Crippen molar-refractivity contribution < 1.29 is 8.42 Å². The Labute approximate surface area is 141 Å². The lowest BCUT2D eigenvalue weighted by Crippen LogP contribution is -2.52. The number of hydrogen-bond donors (Lipinski definition) is 3. The minimum Gasteiger partial charge on any atom is -0.257 e. The van der Waals surface area contributed by atoms with Crippen molar-refractivity contribution >= 4 is 41.9 Å². The maximum absolute atomic E-state index is 12.7. The van der Waals surface area contributed by atoms with Gasteiger partial charge in [-0.05, 0) is 52.9 Å². The summed E-state index contributed by atoms with van der Waals surface area (Å²) in [5.41, 5.74) is 6.35. The van der Waals surface area contributed by atoms with Gasteiger partial charge in [-0.1, -0.05) is 22.4 Å². The minimum absolute atomic E-state index is 0.0744. The van der Waals surface area contributed by atoms with Gasteiger partial charge >= 0.3 is 0 Å². The molecule has 0 bridgehead atoms. The Morgan fingerprint density at radius 3 is 2.86 bits per heavy atom. The first kappa shape index (κ1) is 15.9. The Morgan fingerprint density at radius 2 is 2.05 bits per heavy atom. The van der Waals surface area contributed by atoms with Crippen molar-refractivity contribution in [2.75, 3.05) is 6.54 Å². The number of hydrogen-bond acceptors (Lipinski definition) is 4. The second-order valence-electron chi connectivity index (χ2n) is 5.54. The summed E-state index contributed by atoms with van der Waals surface area (Å²) in [6.07, 6.45) is 3.06. The van der Waals surface area contributed by atoms with Crippen molar-refractivity contribution in [3.05, 3.63) is 27.1 Å². The molecule has 3 atom stereocenters. The topological polar surface area (TPSA) is 70.2 Å². The highest BCUT2D eigenvalue weighted by Crippen LogP contribution is 2.30. The molecule has 8 heteroatoms. The molecule has 0 radical (unpaired) electrons. The summed E-state index contributed by atoms with van der Waals surface area (Å²) in [5, 5.41) is 0. The average Bonchev–Trinajstić information content (AvgIpc) is 2.90. The summed E-state index contributed by atoms with van der Waals surface area (Å²) in [6, 6.07) is 5.25. The van der Waals surface area contributed by atoms with Gasteiger partial charge in [0.2, 0.25) is 10.0 Å². The Bertz CT molecular complexity index is 638. The molecule has 1 aromatic carbocycles. The van der Waals surface area contributed by atoms with Crippen LogP contribution in [0.2, 0.25) is 0 Å². The quantitative estimate of drug-likeness (QED) is 0.676. The SMILES string of the molecule is O=S(=O)(NC1CCCC2CNNC21)c1cc(Br)ccc1Br. The molecule has 1 saturated carbocycles. The number of nitrogens with one attached hydrogen (secondary N) is 3. The zero-order valence-electron chi connectivity index (χ0n) is 11.3. The zero-order chi connectivity index (χ0) is 15.0. The van der Waals surface area contributed by atoms with Crippen molar-refractivity contribution in [2.24, 2.45) is 5.92 Å². The molecule has 1 aliphatic carbocycles. The van der Waals surface area contributed by atoms with E-state index in [2.05, 4.69) is 47.4 Å². The van der Waals surface area contributed by atoms with Crippen molar-refractivity contribution in [3.63, 3.8) is 0 Å². The van der Waals surface area contributed by atoms with Gasteiger partial charge in [-0.2, -0.15) is 0 Å². The van der Waals surface area contributed by atoms with Crippen LogP contribution in [-0.2, 0) is 10.0 Å². The molecule has 1 heterocycles. The Hall–Kier alpha value is 0.01000. The maximum atomic E-state index is 12.7. The van der Waals surface area contributed by atoms with Gasteiger partial charge in [-0.15, -0.1) is 0 Å². The molecule has 116 valence electrons. The summed E-state index contributed by atoms with van der Waals surface area (Å²) in [5.74, 6) is 0.498. The zero-order valence-corrected chi connectivity index (χ0v) is 15.3. The van der Waals surface area contributed by atoms with Gasteiger partial charge in [0.1, 0.15) is 0 Å². The van der Waals surface area contributed by atoms with Crippen molar-refractivity contribution in [1.82, 2.24) is 15.6 Å². The summed E-state index contributed by atoms with van der Waals surface area (Å²) >= 11 is 6.64. The van der Waals surface area contributed by atoms with E-state index in [1.165, 1.54) is 0 Å². The lowest BCUT2D eigenvalue weighted by Gasteiger charge is -2.33.